The number of cyclic esters (lactones) is 1. The molecular weight excluding hydrogens is 352 g/mol. The zero-order valence-corrected chi connectivity index (χ0v) is 14.2. The first-order valence-electron chi connectivity index (χ1n) is 8.49. The number of ketones is 1. The van der Waals surface area contributed by atoms with Crippen molar-refractivity contribution in [1.29, 1.82) is 0 Å². The summed E-state index contributed by atoms with van der Waals surface area (Å²) in [4.78, 5) is 41.6. The molecule has 0 N–H and O–H groups in total. The summed E-state index contributed by atoms with van der Waals surface area (Å²) >= 11 is 0. The van der Waals surface area contributed by atoms with Crippen LogP contribution in [0.25, 0.3) is 0 Å². The molecule has 2 fully saturated rings. The third-order valence-corrected chi connectivity index (χ3v) is 4.87. The number of nitro benzene ring substituents is 1. The van der Waals surface area contributed by atoms with Crippen LogP contribution >= 0.6 is 0 Å². The Labute approximate surface area is 154 Å². The van der Waals surface area contributed by atoms with Crippen LogP contribution in [0.3, 0.4) is 0 Å². The predicted octanol–water partition coefficient (Wildman–Crippen LogP) is 2.67. The molecule has 2 atom stereocenters. The standard InChI is InChI=1S/C19H16N2O6/c22-17(13-4-2-1-3-5-13)16-12-19(10-11-26-18(19)23)27-20(16)14-6-8-15(9-7-14)21(24)25/h1-9,16H,10-12H2/t16-,19-/m1/s1. The van der Waals surface area contributed by atoms with Crippen molar-refractivity contribution in [2.75, 3.05) is 11.7 Å². The van der Waals surface area contributed by atoms with Gasteiger partial charge < -0.3 is 4.74 Å². The fourth-order valence-electron chi connectivity index (χ4n) is 3.44. The number of rotatable bonds is 4. The average Bonchev–Trinajstić information content (AvgIpc) is 3.26. The maximum atomic E-state index is 13.1. The van der Waals surface area contributed by atoms with Crippen LogP contribution in [-0.2, 0) is 14.4 Å². The molecule has 0 amide bonds. The number of hydrogen-bond acceptors (Lipinski definition) is 7. The van der Waals surface area contributed by atoms with E-state index in [1.807, 2.05) is 6.07 Å². The number of carbonyl (C=O) groups excluding carboxylic acids is 2. The molecule has 0 aromatic heterocycles. The molecule has 2 aliphatic heterocycles. The molecular formula is C19H16N2O6. The molecule has 1 spiro atoms. The summed E-state index contributed by atoms with van der Waals surface area (Å²) in [7, 11) is 0. The Morgan fingerprint density at radius 3 is 2.44 bits per heavy atom. The van der Waals surface area contributed by atoms with Gasteiger partial charge in [0.2, 0.25) is 0 Å². The molecule has 2 heterocycles. The summed E-state index contributed by atoms with van der Waals surface area (Å²) in [6.07, 6.45) is 0.518. The summed E-state index contributed by atoms with van der Waals surface area (Å²) in [6.45, 7) is 0.235. The quantitative estimate of drug-likeness (QED) is 0.354. The number of ether oxygens (including phenoxy) is 1. The molecule has 0 unspecified atom stereocenters. The number of nitrogens with zero attached hydrogens (tertiary/aromatic N) is 2. The van der Waals surface area contributed by atoms with Crippen LogP contribution in [-0.4, -0.2) is 34.9 Å². The van der Waals surface area contributed by atoms with E-state index in [0.29, 0.717) is 17.7 Å². The first-order chi connectivity index (χ1) is 13.0. The van der Waals surface area contributed by atoms with Crippen molar-refractivity contribution in [1.82, 2.24) is 0 Å². The second kappa shape index (κ2) is 6.48. The van der Waals surface area contributed by atoms with Gasteiger partial charge in [-0.25, -0.2) is 9.86 Å². The first-order valence-corrected chi connectivity index (χ1v) is 8.49. The Bertz CT molecular complexity index is 898. The number of non-ortho nitro benzene ring substituents is 1. The van der Waals surface area contributed by atoms with Crippen LogP contribution in [0.5, 0.6) is 0 Å². The first kappa shape index (κ1) is 17.2. The minimum Gasteiger partial charge on any atom is -0.463 e. The number of esters is 1. The summed E-state index contributed by atoms with van der Waals surface area (Å²) in [5, 5.41) is 12.3. The third kappa shape index (κ3) is 2.93. The molecule has 2 aromatic rings. The van der Waals surface area contributed by atoms with Crippen LogP contribution in [0.2, 0.25) is 0 Å². The summed E-state index contributed by atoms with van der Waals surface area (Å²) < 4.78 is 5.07. The molecule has 2 aliphatic rings. The minimum atomic E-state index is -1.20. The predicted molar refractivity (Wildman–Crippen MR) is 94.1 cm³/mol. The maximum Gasteiger partial charge on any atom is 0.341 e. The van der Waals surface area contributed by atoms with E-state index in [0.717, 1.165) is 0 Å². The Morgan fingerprint density at radius 2 is 1.85 bits per heavy atom. The van der Waals surface area contributed by atoms with E-state index >= 15 is 0 Å². The van der Waals surface area contributed by atoms with Crippen LogP contribution in [0, 0.1) is 10.1 Å². The highest BCUT2D eigenvalue weighted by Gasteiger charge is 2.57. The lowest BCUT2D eigenvalue weighted by Crippen LogP contribution is -2.36. The number of Topliss-reactive ketones (excluding diaryl/α,β-unsaturated/α-hetero) is 1. The number of nitro groups is 1. The molecule has 0 saturated carbocycles. The van der Waals surface area contributed by atoms with Gasteiger partial charge in [-0.3, -0.25) is 19.7 Å². The van der Waals surface area contributed by atoms with Crippen LogP contribution in [0.1, 0.15) is 23.2 Å². The molecule has 27 heavy (non-hydrogen) atoms. The van der Waals surface area contributed by atoms with E-state index in [-0.39, 0.29) is 24.5 Å². The number of benzene rings is 2. The Balaban J connectivity index is 1.70. The second-order valence-electron chi connectivity index (χ2n) is 6.52. The summed E-state index contributed by atoms with van der Waals surface area (Å²) in [6, 6.07) is 13.7. The highest BCUT2D eigenvalue weighted by molar-refractivity contribution is 6.03. The smallest absolute Gasteiger partial charge is 0.341 e. The number of hydrogen-bond donors (Lipinski definition) is 0. The number of anilines is 1. The van der Waals surface area contributed by atoms with E-state index in [1.54, 1.807) is 24.3 Å². The van der Waals surface area contributed by atoms with E-state index < -0.39 is 22.5 Å². The van der Waals surface area contributed by atoms with Crippen molar-refractivity contribution in [2.45, 2.75) is 24.5 Å². The van der Waals surface area contributed by atoms with Gasteiger partial charge in [-0.2, -0.15) is 0 Å². The fourth-order valence-corrected chi connectivity index (χ4v) is 3.44. The molecule has 0 bridgehead atoms. The zero-order valence-electron chi connectivity index (χ0n) is 14.2. The van der Waals surface area contributed by atoms with Gasteiger partial charge in [0, 0.05) is 30.5 Å². The summed E-state index contributed by atoms with van der Waals surface area (Å²) in [5.74, 6) is -0.677. The van der Waals surface area contributed by atoms with Crippen molar-refractivity contribution in [3.8, 4) is 0 Å². The Hall–Kier alpha value is -3.26. The minimum absolute atomic E-state index is 0.0705. The molecule has 2 saturated heterocycles. The third-order valence-electron chi connectivity index (χ3n) is 4.87. The lowest BCUT2D eigenvalue weighted by Gasteiger charge is -2.24. The molecule has 8 heteroatoms. The van der Waals surface area contributed by atoms with Gasteiger partial charge in [0.25, 0.3) is 5.69 Å². The van der Waals surface area contributed by atoms with Crippen molar-refractivity contribution in [3.63, 3.8) is 0 Å². The van der Waals surface area contributed by atoms with Crippen molar-refractivity contribution >= 4 is 23.1 Å². The molecule has 4 rings (SSSR count). The van der Waals surface area contributed by atoms with Crippen LogP contribution < -0.4 is 5.06 Å². The molecule has 0 radical (unpaired) electrons. The monoisotopic (exact) mass is 368 g/mol. The van der Waals surface area contributed by atoms with Gasteiger partial charge in [0.15, 0.2) is 11.4 Å². The molecule has 0 aliphatic carbocycles. The molecule has 8 nitrogen and oxygen atoms in total. The van der Waals surface area contributed by atoms with E-state index in [4.69, 9.17) is 9.57 Å². The normalized spacial score (nSPS) is 24.2. The fraction of sp³-hybridized carbons (Fsp3) is 0.263. The second-order valence-corrected chi connectivity index (χ2v) is 6.52. The van der Waals surface area contributed by atoms with Gasteiger partial charge in [-0.05, 0) is 12.1 Å². The van der Waals surface area contributed by atoms with Gasteiger partial charge in [-0.1, -0.05) is 30.3 Å². The Kier molecular flexibility index (Phi) is 4.12. The zero-order chi connectivity index (χ0) is 19.0. The topological polar surface area (TPSA) is 99.0 Å². The number of hydroxylamine groups is 1. The van der Waals surface area contributed by atoms with Gasteiger partial charge in [0.1, 0.15) is 6.04 Å². The van der Waals surface area contributed by atoms with Crippen LogP contribution in [0.15, 0.2) is 54.6 Å². The van der Waals surface area contributed by atoms with Crippen molar-refractivity contribution in [2.24, 2.45) is 0 Å². The molecule has 138 valence electrons. The summed E-state index contributed by atoms with van der Waals surface area (Å²) in [5.41, 5.74) is -0.302. The van der Waals surface area contributed by atoms with Crippen LogP contribution in [0.4, 0.5) is 11.4 Å². The molecule has 2 aromatic carbocycles. The Morgan fingerprint density at radius 1 is 1.15 bits per heavy atom. The maximum absolute atomic E-state index is 13.1. The van der Waals surface area contributed by atoms with Crippen molar-refractivity contribution in [3.05, 3.63) is 70.3 Å². The lowest BCUT2D eigenvalue weighted by atomic mass is 9.91. The number of carbonyl (C=O) groups is 2. The van der Waals surface area contributed by atoms with Crippen molar-refractivity contribution < 1.29 is 24.1 Å². The SMILES string of the molecule is O=C(c1ccccc1)[C@H]1C[C@@]2(CCOC2=O)ON1c1ccc([N+](=O)[O-])cc1. The highest BCUT2D eigenvalue weighted by Crippen LogP contribution is 2.42. The van der Waals surface area contributed by atoms with E-state index in [2.05, 4.69) is 0 Å². The average molecular weight is 368 g/mol. The largest absolute Gasteiger partial charge is 0.463 e. The van der Waals surface area contributed by atoms with E-state index in [9.17, 15) is 19.7 Å². The van der Waals surface area contributed by atoms with Gasteiger partial charge in [0.05, 0.1) is 17.2 Å². The lowest BCUT2D eigenvalue weighted by molar-refractivity contribution is -0.384. The highest BCUT2D eigenvalue weighted by atomic mass is 16.7. The van der Waals surface area contributed by atoms with Gasteiger partial charge >= 0.3 is 5.97 Å². The van der Waals surface area contributed by atoms with E-state index in [1.165, 1.54) is 29.3 Å². The van der Waals surface area contributed by atoms with Gasteiger partial charge in [-0.15, -0.1) is 0 Å².